The van der Waals surface area contributed by atoms with Crippen LogP contribution >= 0.6 is 0 Å². The molecule has 0 spiro atoms. The molecule has 298 valence electrons. The molecule has 1 aromatic heterocycles. The number of nitrogens with zero attached hydrogens (tertiary/aromatic N) is 1. The molecular formula is C61H43NO. The number of fused-ring (bicyclic) bond motifs is 7. The molecule has 1 heterocycles. The Morgan fingerprint density at radius 2 is 0.905 bits per heavy atom. The zero-order chi connectivity index (χ0) is 42.1. The Hall–Kier alpha value is -7.94. The van der Waals surface area contributed by atoms with Crippen molar-refractivity contribution in [2.75, 3.05) is 4.90 Å². The molecule has 0 N–H and O–H groups in total. The summed E-state index contributed by atoms with van der Waals surface area (Å²) >= 11 is 0. The van der Waals surface area contributed by atoms with Crippen LogP contribution in [0.15, 0.2) is 229 Å². The molecule has 1 aliphatic rings. The van der Waals surface area contributed by atoms with Gasteiger partial charge in [0.1, 0.15) is 11.2 Å². The molecule has 0 unspecified atom stereocenters. The fraction of sp³-hybridized carbons (Fsp3) is 0.0492. The molecule has 0 amide bonds. The molecule has 0 saturated heterocycles. The minimum Gasteiger partial charge on any atom is -0.455 e. The number of rotatable bonds is 7. The smallest absolute Gasteiger partial charge is 0.143 e. The normalized spacial score (nSPS) is 12.7. The molecule has 63 heavy (non-hydrogen) atoms. The Morgan fingerprint density at radius 1 is 0.349 bits per heavy atom. The van der Waals surface area contributed by atoms with Crippen molar-refractivity contribution in [3.05, 3.63) is 236 Å². The molecule has 2 heteroatoms. The van der Waals surface area contributed by atoms with Crippen LogP contribution in [-0.2, 0) is 5.41 Å². The minimum absolute atomic E-state index is 0.221. The predicted octanol–water partition coefficient (Wildman–Crippen LogP) is 17.2. The third-order valence-electron chi connectivity index (χ3n) is 13.3. The van der Waals surface area contributed by atoms with Crippen LogP contribution in [0.25, 0.3) is 88.3 Å². The first kappa shape index (κ1) is 36.9. The average molecular weight is 806 g/mol. The lowest BCUT2D eigenvalue weighted by Crippen LogP contribution is -2.17. The van der Waals surface area contributed by atoms with Crippen molar-refractivity contribution in [2.45, 2.75) is 19.3 Å². The molecule has 2 nitrogen and oxygen atoms in total. The van der Waals surface area contributed by atoms with Crippen molar-refractivity contribution in [3.63, 3.8) is 0 Å². The van der Waals surface area contributed by atoms with Gasteiger partial charge in [-0.15, -0.1) is 0 Å². The number of hydrogen-bond acceptors (Lipinski definition) is 2. The van der Waals surface area contributed by atoms with Crippen LogP contribution in [0, 0.1) is 0 Å². The van der Waals surface area contributed by atoms with Gasteiger partial charge in [0.2, 0.25) is 0 Å². The van der Waals surface area contributed by atoms with E-state index in [9.17, 15) is 0 Å². The summed E-state index contributed by atoms with van der Waals surface area (Å²) in [5, 5.41) is 4.79. The van der Waals surface area contributed by atoms with Gasteiger partial charge in [-0.05, 0) is 115 Å². The summed E-state index contributed by atoms with van der Waals surface area (Å²) in [6.45, 7) is 4.76. The maximum absolute atomic E-state index is 6.48. The topological polar surface area (TPSA) is 16.4 Å². The fourth-order valence-electron chi connectivity index (χ4n) is 9.99. The highest BCUT2D eigenvalue weighted by Crippen LogP contribution is 2.52. The second-order valence-electron chi connectivity index (χ2n) is 17.3. The average Bonchev–Trinajstić information content (AvgIpc) is 3.83. The van der Waals surface area contributed by atoms with E-state index >= 15 is 0 Å². The summed E-state index contributed by atoms with van der Waals surface area (Å²) in [7, 11) is 0. The van der Waals surface area contributed by atoms with Gasteiger partial charge in [0.05, 0.1) is 5.69 Å². The van der Waals surface area contributed by atoms with Gasteiger partial charge < -0.3 is 9.32 Å². The highest BCUT2D eigenvalue weighted by Gasteiger charge is 2.36. The Morgan fingerprint density at radius 3 is 1.75 bits per heavy atom. The van der Waals surface area contributed by atoms with E-state index in [-0.39, 0.29) is 5.41 Å². The number of hydrogen-bond donors (Lipinski definition) is 0. The largest absolute Gasteiger partial charge is 0.455 e. The fourth-order valence-corrected chi connectivity index (χ4v) is 9.99. The van der Waals surface area contributed by atoms with Crippen molar-refractivity contribution in [3.8, 4) is 55.6 Å². The lowest BCUT2D eigenvalue weighted by Gasteiger charge is -2.30. The first-order chi connectivity index (χ1) is 31.0. The van der Waals surface area contributed by atoms with Crippen LogP contribution in [0.4, 0.5) is 17.1 Å². The third-order valence-corrected chi connectivity index (χ3v) is 13.3. The van der Waals surface area contributed by atoms with Gasteiger partial charge in [0.25, 0.3) is 0 Å². The highest BCUT2D eigenvalue weighted by molar-refractivity contribution is 6.09. The molecule has 1 aliphatic carbocycles. The number of anilines is 3. The maximum Gasteiger partial charge on any atom is 0.143 e. The van der Waals surface area contributed by atoms with E-state index in [0.717, 1.165) is 55.7 Å². The van der Waals surface area contributed by atoms with E-state index in [1.165, 1.54) is 60.8 Å². The lowest BCUT2D eigenvalue weighted by atomic mass is 9.81. The van der Waals surface area contributed by atoms with Gasteiger partial charge in [-0.2, -0.15) is 0 Å². The Labute approximate surface area is 368 Å². The molecule has 12 rings (SSSR count). The molecule has 0 radical (unpaired) electrons. The SMILES string of the molecule is CC1(C)c2cc(-c3ccc4ccccc4c3)ccc2-c2ccc(N(c3ccc(-c4cccc5c4oc4ccccc45)cc3)c3ccccc3-c3ccc(-c4ccccc4)cc3)cc21. The first-order valence-corrected chi connectivity index (χ1v) is 21.8. The minimum atomic E-state index is -0.221. The summed E-state index contributed by atoms with van der Waals surface area (Å²) in [4.78, 5) is 2.44. The summed E-state index contributed by atoms with van der Waals surface area (Å²) in [5.74, 6) is 0. The van der Waals surface area contributed by atoms with Crippen molar-refractivity contribution in [2.24, 2.45) is 0 Å². The van der Waals surface area contributed by atoms with Gasteiger partial charge in [-0.25, -0.2) is 0 Å². The van der Waals surface area contributed by atoms with E-state index in [0.29, 0.717) is 0 Å². The van der Waals surface area contributed by atoms with Crippen LogP contribution in [0.3, 0.4) is 0 Å². The lowest BCUT2D eigenvalue weighted by molar-refractivity contribution is 0.660. The van der Waals surface area contributed by atoms with Gasteiger partial charge in [-0.1, -0.05) is 190 Å². The predicted molar refractivity (Wildman–Crippen MR) is 265 cm³/mol. The van der Waals surface area contributed by atoms with E-state index in [1.54, 1.807) is 0 Å². The Bertz CT molecular complexity index is 3520. The molecule has 0 bridgehead atoms. The van der Waals surface area contributed by atoms with Gasteiger partial charge in [0, 0.05) is 38.7 Å². The Kier molecular flexibility index (Phi) is 8.55. The highest BCUT2D eigenvalue weighted by atomic mass is 16.3. The van der Waals surface area contributed by atoms with Crippen molar-refractivity contribution < 1.29 is 4.42 Å². The standard InChI is InChI=1S/C61H43NO/c1-61(2)56-38-47(46-28-25-41-15-6-7-16-45(41)37-46)31-35-52(56)53-36-34-49(39-57(53)61)62(58-21-10-8-17-50(58)43-26-23-42(24-27-43)40-13-4-3-5-14-40)48-32-29-44(30-33-48)51-19-12-20-55-54-18-9-11-22-59(54)63-60(51)55/h3-39H,1-2H3. The van der Waals surface area contributed by atoms with Crippen LogP contribution in [0.2, 0.25) is 0 Å². The number of furan rings is 1. The van der Waals surface area contributed by atoms with E-state index in [2.05, 4.69) is 231 Å². The van der Waals surface area contributed by atoms with Crippen LogP contribution in [0.1, 0.15) is 25.0 Å². The summed E-state index contributed by atoms with van der Waals surface area (Å²) < 4.78 is 6.48. The molecule has 0 atom stereocenters. The van der Waals surface area contributed by atoms with E-state index in [1.807, 2.05) is 12.1 Å². The molecule has 0 saturated carbocycles. The van der Waals surface area contributed by atoms with Gasteiger partial charge in [0.15, 0.2) is 0 Å². The first-order valence-electron chi connectivity index (χ1n) is 21.8. The molecule has 11 aromatic rings. The molecule has 0 fully saturated rings. The molecule has 10 aromatic carbocycles. The molecule has 0 aliphatic heterocycles. The summed E-state index contributed by atoms with van der Waals surface area (Å²) in [5.41, 5.74) is 19.6. The Balaban J connectivity index is 0.977. The van der Waals surface area contributed by atoms with Gasteiger partial charge in [-0.3, -0.25) is 0 Å². The monoisotopic (exact) mass is 805 g/mol. The van der Waals surface area contributed by atoms with Gasteiger partial charge >= 0.3 is 0 Å². The second-order valence-corrected chi connectivity index (χ2v) is 17.3. The zero-order valence-electron chi connectivity index (χ0n) is 35.2. The quantitative estimate of drug-likeness (QED) is 0.160. The van der Waals surface area contributed by atoms with E-state index < -0.39 is 0 Å². The third kappa shape index (κ3) is 6.17. The van der Waals surface area contributed by atoms with Crippen LogP contribution in [0.5, 0.6) is 0 Å². The van der Waals surface area contributed by atoms with Crippen molar-refractivity contribution in [1.29, 1.82) is 0 Å². The van der Waals surface area contributed by atoms with Crippen LogP contribution < -0.4 is 4.90 Å². The maximum atomic E-state index is 6.48. The summed E-state index contributed by atoms with van der Waals surface area (Å²) in [6.07, 6.45) is 0. The summed E-state index contributed by atoms with van der Waals surface area (Å²) in [6, 6.07) is 81.7. The van der Waals surface area contributed by atoms with Crippen molar-refractivity contribution >= 4 is 49.8 Å². The molecular weight excluding hydrogens is 763 g/mol. The number of para-hydroxylation sites is 3. The zero-order valence-corrected chi connectivity index (χ0v) is 35.2. The van der Waals surface area contributed by atoms with Crippen molar-refractivity contribution in [1.82, 2.24) is 0 Å². The second kappa shape index (κ2) is 14.6. The van der Waals surface area contributed by atoms with Crippen LogP contribution in [-0.4, -0.2) is 0 Å². The number of benzene rings is 10. The van der Waals surface area contributed by atoms with E-state index in [4.69, 9.17) is 4.42 Å².